The Morgan fingerprint density at radius 3 is 2.38 bits per heavy atom. The molecule has 0 aliphatic rings. The maximum absolute atomic E-state index is 11.0. The van der Waals surface area contributed by atoms with E-state index in [9.17, 15) is 25.3 Å². The van der Waals surface area contributed by atoms with E-state index in [0.717, 1.165) is 11.6 Å². The van der Waals surface area contributed by atoms with Crippen LogP contribution in [0, 0.1) is 20.2 Å². The number of hydrogen-bond donors (Lipinski definition) is 2. The molecule has 0 aliphatic heterocycles. The number of phenols is 1. The van der Waals surface area contributed by atoms with E-state index in [-0.39, 0.29) is 29.2 Å². The molecule has 9 heteroatoms. The summed E-state index contributed by atoms with van der Waals surface area (Å²) >= 11 is 0. The summed E-state index contributed by atoms with van der Waals surface area (Å²) in [7, 11) is 0. The second-order valence-electron chi connectivity index (χ2n) is 4.91. The van der Waals surface area contributed by atoms with Crippen molar-refractivity contribution in [2.24, 2.45) is 5.10 Å². The Hall–Kier alpha value is -3.49. The average Bonchev–Trinajstić information content (AvgIpc) is 2.55. The fraction of sp³-hybridized carbons (Fsp3) is 0.133. The van der Waals surface area contributed by atoms with Crippen molar-refractivity contribution in [1.29, 1.82) is 0 Å². The van der Waals surface area contributed by atoms with Gasteiger partial charge in [0.15, 0.2) is 0 Å². The zero-order chi connectivity index (χ0) is 17.7. The molecule has 0 heterocycles. The van der Waals surface area contributed by atoms with Crippen LogP contribution in [0.2, 0.25) is 0 Å². The van der Waals surface area contributed by atoms with Crippen LogP contribution in [0.5, 0.6) is 5.75 Å². The molecular weight excluding hydrogens is 316 g/mol. The highest BCUT2D eigenvalue weighted by atomic mass is 16.6. The molecule has 24 heavy (non-hydrogen) atoms. The number of nitro groups is 2. The molecule has 0 atom stereocenters. The summed E-state index contributed by atoms with van der Waals surface area (Å²) in [5, 5.41) is 35.1. The first kappa shape index (κ1) is 16.9. The van der Waals surface area contributed by atoms with Crippen molar-refractivity contribution in [1.82, 2.24) is 5.43 Å². The van der Waals surface area contributed by atoms with Crippen molar-refractivity contribution >= 4 is 17.1 Å². The van der Waals surface area contributed by atoms with E-state index < -0.39 is 9.85 Å². The molecule has 2 aromatic rings. The Balaban J connectivity index is 2.13. The van der Waals surface area contributed by atoms with Crippen LogP contribution in [0.1, 0.15) is 18.1 Å². The number of non-ortho nitro benzene ring substituents is 1. The lowest BCUT2D eigenvalue weighted by Crippen LogP contribution is -2.11. The lowest BCUT2D eigenvalue weighted by atomic mass is 10.1. The van der Waals surface area contributed by atoms with Gasteiger partial charge in [-0.25, -0.2) is 0 Å². The van der Waals surface area contributed by atoms with E-state index >= 15 is 0 Å². The SMILES string of the molecule is C/C(=N/NCc1ccc([N+](=O)[O-])cc1[N+](=O)[O-])c1ccc(O)cc1. The number of nitro benzene ring substituents is 2. The summed E-state index contributed by atoms with van der Waals surface area (Å²) in [6.07, 6.45) is 0. The number of aromatic hydroxyl groups is 1. The van der Waals surface area contributed by atoms with Crippen LogP contribution in [0.15, 0.2) is 47.6 Å². The van der Waals surface area contributed by atoms with E-state index in [1.54, 1.807) is 19.1 Å². The van der Waals surface area contributed by atoms with Crippen molar-refractivity contribution in [3.63, 3.8) is 0 Å². The van der Waals surface area contributed by atoms with E-state index in [1.165, 1.54) is 24.3 Å². The highest BCUT2D eigenvalue weighted by Gasteiger charge is 2.18. The fourth-order valence-electron chi connectivity index (χ4n) is 2.00. The second kappa shape index (κ2) is 7.18. The van der Waals surface area contributed by atoms with Gasteiger partial charge in [-0.2, -0.15) is 5.10 Å². The van der Waals surface area contributed by atoms with Crippen LogP contribution in [0.4, 0.5) is 11.4 Å². The molecule has 0 spiro atoms. The van der Waals surface area contributed by atoms with E-state index in [1.807, 2.05) is 0 Å². The third-order valence-corrected chi connectivity index (χ3v) is 3.28. The molecule has 0 radical (unpaired) electrons. The normalized spacial score (nSPS) is 11.1. The number of nitrogens with one attached hydrogen (secondary N) is 1. The van der Waals surface area contributed by atoms with Gasteiger partial charge in [-0.05, 0) is 42.8 Å². The molecule has 0 aromatic heterocycles. The maximum atomic E-state index is 11.0. The van der Waals surface area contributed by atoms with Gasteiger partial charge in [0, 0.05) is 6.07 Å². The third-order valence-electron chi connectivity index (χ3n) is 3.28. The van der Waals surface area contributed by atoms with E-state index in [2.05, 4.69) is 10.5 Å². The first-order valence-corrected chi connectivity index (χ1v) is 6.86. The van der Waals surface area contributed by atoms with Gasteiger partial charge in [0.05, 0.1) is 33.7 Å². The maximum Gasteiger partial charge on any atom is 0.281 e. The van der Waals surface area contributed by atoms with E-state index in [4.69, 9.17) is 0 Å². The Morgan fingerprint density at radius 2 is 1.79 bits per heavy atom. The monoisotopic (exact) mass is 330 g/mol. The van der Waals surface area contributed by atoms with Crippen molar-refractivity contribution in [2.75, 3.05) is 0 Å². The van der Waals surface area contributed by atoms with Crippen LogP contribution in [-0.4, -0.2) is 20.7 Å². The minimum atomic E-state index is -0.683. The predicted molar refractivity (Wildman–Crippen MR) is 86.9 cm³/mol. The largest absolute Gasteiger partial charge is 0.508 e. The first-order chi connectivity index (χ1) is 11.4. The molecule has 0 saturated carbocycles. The van der Waals surface area contributed by atoms with Crippen LogP contribution in [0.3, 0.4) is 0 Å². The molecule has 0 bridgehead atoms. The summed E-state index contributed by atoms with van der Waals surface area (Å²) in [4.78, 5) is 20.4. The second-order valence-corrected chi connectivity index (χ2v) is 4.91. The van der Waals surface area contributed by atoms with Gasteiger partial charge in [-0.3, -0.25) is 20.2 Å². The molecule has 0 fully saturated rings. The minimum Gasteiger partial charge on any atom is -0.508 e. The molecular formula is C15H14N4O5. The van der Waals surface area contributed by atoms with Crippen LogP contribution < -0.4 is 5.43 Å². The molecule has 124 valence electrons. The zero-order valence-corrected chi connectivity index (χ0v) is 12.7. The van der Waals surface area contributed by atoms with Gasteiger partial charge in [0.2, 0.25) is 0 Å². The smallest absolute Gasteiger partial charge is 0.281 e. The number of hydrazone groups is 1. The standard InChI is InChI=1S/C15H14N4O5/c1-10(11-3-6-14(20)7-4-11)17-16-9-12-2-5-13(18(21)22)8-15(12)19(23)24/h2-8,16,20H,9H2,1H3/b17-10-. The van der Waals surface area contributed by atoms with Gasteiger partial charge < -0.3 is 10.5 Å². The first-order valence-electron chi connectivity index (χ1n) is 6.86. The molecule has 2 aromatic carbocycles. The van der Waals surface area contributed by atoms with Gasteiger partial charge in [0.25, 0.3) is 11.4 Å². The lowest BCUT2D eigenvalue weighted by Gasteiger charge is -2.05. The number of nitrogens with zero attached hydrogens (tertiary/aromatic N) is 3. The highest BCUT2D eigenvalue weighted by molar-refractivity contribution is 5.98. The Morgan fingerprint density at radius 1 is 1.12 bits per heavy atom. The number of hydrogen-bond acceptors (Lipinski definition) is 7. The topological polar surface area (TPSA) is 131 Å². The summed E-state index contributed by atoms with van der Waals surface area (Å²) in [5.41, 5.74) is 3.72. The van der Waals surface area contributed by atoms with Crippen molar-refractivity contribution in [3.8, 4) is 5.75 Å². The summed E-state index contributed by atoms with van der Waals surface area (Å²) < 4.78 is 0. The molecule has 0 amide bonds. The zero-order valence-electron chi connectivity index (χ0n) is 12.7. The molecule has 0 unspecified atom stereocenters. The number of benzene rings is 2. The Bertz CT molecular complexity index is 802. The van der Waals surface area contributed by atoms with Crippen molar-refractivity contribution in [2.45, 2.75) is 13.5 Å². The van der Waals surface area contributed by atoms with E-state index in [0.29, 0.717) is 5.71 Å². The Labute approximate surface area is 136 Å². The fourth-order valence-corrected chi connectivity index (χ4v) is 2.00. The van der Waals surface area contributed by atoms with Gasteiger partial charge >= 0.3 is 0 Å². The van der Waals surface area contributed by atoms with Gasteiger partial charge in [0.1, 0.15) is 5.75 Å². The minimum absolute atomic E-state index is 0.0454. The van der Waals surface area contributed by atoms with Crippen LogP contribution >= 0.6 is 0 Å². The summed E-state index contributed by atoms with van der Waals surface area (Å²) in [6.45, 7) is 1.79. The number of phenolic OH excluding ortho intramolecular Hbond substituents is 1. The van der Waals surface area contributed by atoms with Crippen molar-refractivity contribution < 1.29 is 15.0 Å². The third kappa shape index (κ3) is 4.03. The van der Waals surface area contributed by atoms with Crippen LogP contribution in [-0.2, 0) is 6.54 Å². The molecule has 2 rings (SSSR count). The summed E-state index contributed by atoms with van der Waals surface area (Å²) in [5.74, 6) is 0.140. The molecule has 0 saturated heterocycles. The van der Waals surface area contributed by atoms with Gasteiger partial charge in [-0.15, -0.1) is 0 Å². The average molecular weight is 330 g/mol. The van der Waals surface area contributed by atoms with Gasteiger partial charge in [-0.1, -0.05) is 0 Å². The molecule has 0 aliphatic carbocycles. The highest BCUT2D eigenvalue weighted by Crippen LogP contribution is 2.24. The van der Waals surface area contributed by atoms with Crippen molar-refractivity contribution in [3.05, 3.63) is 73.8 Å². The molecule has 9 nitrogen and oxygen atoms in total. The molecule has 2 N–H and O–H groups in total. The van der Waals surface area contributed by atoms with Crippen LogP contribution in [0.25, 0.3) is 0 Å². The lowest BCUT2D eigenvalue weighted by molar-refractivity contribution is -0.394. The number of rotatable bonds is 6. The quantitative estimate of drug-likeness (QED) is 0.475. The summed E-state index contributed by atoms with van der Waals surface area (Å²) in [6, 6.07) is 9.88. The Kier molecular flexibility index (Phi) is 5.05. The predicted octanol–water partition coefficient (Wildman–Crippen LogP) is 2.72.